The zero-order valence-corrected chi connectivity index (χ0v) is 21.6. The molecule has 0 spiro atoms. The standard InChI is InChI=1S/C26H36N2O3S2/c1-19(2)21-11-14-28(15-12-21)13-6-16-31-23-17-20(3)9-10-25(23)33(29,30)26-18-27-22-7-4-5-8-24(22)32-26/h4-5,7-10,17,19,21,26-27H,6,11-16,18H2,1-3H3. The van der Waals surface area contributed by atoms with Crippen molar-refractivity contribution in [3.05, 3.63) is 48.0 Å². The number of anilines is 1. The summed E-state index contributed by atoms with van der Waals surface area (Å²) in [7, 11) is -3.56. The molecule has 2 aliphatic rings. The van der Waals surface area contributed by atoms with Gasteiger partial charge in [0, 0.05) is 23.7 Å². The lowest BCUT2D eigenvalue weighted by molar-refractivity contribution is 0.148. The molecule has 7 heteroatoms. The van der Waals surface area contributed by atoms with Gasteiger partial charge in [0.05, 0.1) is 6.61 Å². The first-order chi connectivity index (χ1) is 15.8. The number of thioether (sulfide) groups is 1. The van der Waals surface area contributed by atoms with Gasteiger partial charge in [0.15, 0.2) is 9.84 Å². The first-order valence-electron chi connectivity index (χ1n) is 12.0. The van der Waals surface area contributed by atoms with Crippen molar-refractivity contribution < 1.29 is 13.2 Å². The van der Waals surface area contributed by atoms with Crippen molar-refractivity contribution in [2.24, 2.45) is 11.8 Å². The van der Waals surface area contributed by atoms with Gasteiger partial charge in [-0.1, -0.05) is 32.0 Å². The topological polar surface area (TPSA) is 58.6 Å². The fraction of sp³-hybridized carbons (Fsp3) is 0.538. The molecule has 0 saturated carbocycles. The number of nitrogens with zero attached hydrogens (tertiary/aromatic N) is 1. The Labute approximate surface area is 203 Å². The number of fused-ring (bicyclic) bond motifs is 1. The number of rotatable bonds is 8. The molecule has 180 valence electrons. The van der Waals surface area contributed by atoms with Crippen LogP contribution in [-0.2, 0) is 9.84 Å². The molecule has 2 heterocycles. The van der Waals surface area contributed by atoms with Gasteiger partial charge in [0.1, 0.15) is 15.2 Å². The Kier molecular flexibility index (Phi) is 7.92. The number of hydrogen-bond acceptors (Lipinski definition) is 6. The fourth-order valence-electron chi connectivity index (χ4n) is 4.68. The number of aryl methyl sites for hydroxylation is 1. The summed E-state index contributed by atoms with van der Waals surface area (Å²) in [6.45, 7) is 10.8. The van der Waals surface area contributed by atoms with Gasteiger partial charge < -0.3 is 15.0 Å². The smallest absolute Gasteiger partial charge is 0.196 e. The monoisotopic (exact) mass is 488 g/mol. The molecule has 4 rings (SSSR count). The van der Waals surface area contributed by atoms with E-state index in [4.69, 9.17) is 4.74 Å². The van der Waals surface area contributed by atoms with Gasteiger partial charge in [-0.05, 0) is 80.9 Å². The predicted octanol–water partition coefficient (Wildman–Crippen LogP) is 5.45. The lowest BCUT2D eigenvalue weighted by Crippen LogP contribution is -2.36. The largest absolute Gasteiger partial charge is 0.492 e. The first kappa shape index (κ1) is 24.4. The summed E-state index contributed by atoms with van der Waals surface area (Å²) in [6.07, 6.45) is 3.44. The maximum absolute atomic E-state index is 13.5. The summed E-state index contributed by atoms with van der Waals surface area (Å²) in [6, 6.07) is 13.3. The minimum atomic E-state index is -3.56. The van der Waals surface area contributed by atoms with E-state index in [9.17, 15) is 8.42 Å². The molecule has 0 aromatic heterocycles. The van der Waals surface area contributed by atoms with Crippen LogP contribution in [0.1, 0.15) is 38.7 Å². The number of ether oxygens (including phenoxy) is 1. The van der Waals surface area contributed by atoms with E-state index in [0.717, 1.165) is 54.0 Å². The van der Waals surface area contributed by atoms with Crippen LogP contribution in [-0.4, -0.2) is 50.7 Å². The van der Waals surface area contributed by atoms with Gasteiger partial charge >= 0.3 is 0 Å². The average Bonchev–Trinajstić information content (AvgIpc) is 2.81. The third kappa shape index (κ3) is 5.87. The van der Waals surface area contributed by atoms with Crippen molar-refractivity contribution in [3.63, 3.8) is 0 Å². The molecule has 0 bridgehead atoms. The number of nitrogens with one attached hydrogen (secondary N) is 1. The van der Waals surface area contributed by atoms with E-state index in [-0.39, 0.29) is 0 Å². The number of para-hydroxylation sites is 1. The Balaban J connectivity index is 1.37. The zero-order valence-electron chi connectivity index (χ0n) is 19.9. The van der Waals surface area contributed by atoms with Crippen LogP contribution in [0, 0.1) is 18.8 Å². The third-order valence-electron chi connectivity index (χ3n) is 6.81. The average molecular weight is 489 g/mol. The number of piperidine rings is 1. The molecule has 5 nitrogen and oxygen atoms in total. The van der Waals surface area contributed by atoms with E-state index in [1.165, 1.54) is 24.6 Å². The lowest BCUT2D eigenvalue weighted by Gasteiger charge is -2.33. The summed E-state index contributed by atoms with van der Waals surface area (Å²) in [5.41, 5.74) is 1.99. The van der Waals surface area contributed by atoms with Crippen LogP contribution in [0.4, 0.5) is 5.69 Å². The van der Waals surface area contributed by atoms with E-state index < -0.39 is 14.4 Å². The van der Waals surface area contributed by atoms with E-state index in [1.54, 1.807) is 6.07 Å². The molecular weight excluding hydrogens is 452 g/mol. The Morgan fingerprint density at radius 3 is 2.67 bits per heavy atom. The maximum atomic E-state index is 13.5. The van der Waals surface area contributed by atoms with Crippen molar-refractivity contribution in [3.8, 4) is 5.75 Å². The summed E-state index contributed by atoms with van der Waals surface area (Å²) >= 11 is 1.41. The maximum Gasteiger partial charge on any atom is 0.196 e. The van der Waals surface area contributed by atoms with Crippen LogP contribution in [0.15, 0.2) is 52.3 Å². The SMILES string of the molecule is Cc1ccc(S(=O)(=O)C2CNc3ccccc3S2)c(OCCCN2CCC(C(C)C)CC2)c1. The molecule has 0 radical (unpaired) electrons. The Morgan fingerprint density at radius 1 is 1.15 bits per heavy atom. The highest BCUT2D eigenvalue weighted by molar-refractivity contribution is 8.13. The number of hydrogen-bond donors (Lipinski definition) is 1. The molecule has 2 aromatic carbocycles. The van der Waals surface area contributed by atoms with Crippen molar-refractivity contribution in [2.45, 2.75) is 54.4 Å². The second-order valence-corrected chi connectivity index (χ2v) is 13.2. The second kappa shape index (κ2) is 10.7. The van der Waals surface area contributed by atoms with E-state index >= 15 is 0 Å². The van der Waals surface area contributed by atoms with Gasteiger partial charge in [0.25, 0.3) is 0 Å². The first-order valence-corrected chi connectivity index (χ1v) is 14.5. The van der Waals surface area contributed by atoms with Crippen molar-refractivity contribution in [1.29, 1.82) is 0 Å². The van der Waals surface area contributed by atoms with Crippen LogP contribution in [0.2, 0.25) is 0 Å². The Bertz CT molecular complexity index is 1050. The molecule has 1 atom stereocenters. The Morgan fingerprint density at radius 2 is 1.91 bits per heavy atom. The summed E-state index contributed by atoms with van der Waals surface area (Å²) in [5.74, 6) is 2.09. The molecule has 2 aliphatic heterocycles. The minimum absolute atomic E-state index is 0.296. The summed E-state index contributed by atoms with van der Waals surface area (Å²) in [5, 5.41) is 3.27. The summed E-state index contributed by atoms with van der Waals surface area (Å²) in [4.78, 5) is 3.77. The lowest BCUT2D eigenvalue weighted by atomic mass is 9.87. The van der Waals surface area contributed by atoms with Gasteiger partial charge in [-0.15, -0.1) is 11.8 Å². The second-order valence-electron chi connectivity index (χ2n) is 9.54. The molecule has 1 N–H and O–H groups in total. The highest BCUT2D eigenvalue weighted by Gasteiger charge is 2.34. The van der Waals surface area contributed by atoms with E-state index in [2.05, 4.69) is 24.1 Å². The van der Waals surface area contributed by atoms with Crippen LogP contribution in [0.5, 0.6) is 5.75 Å². The fourth-order valence-corrected chi connectivity index (χ4v) is 7.93. The minimum Gasteiger partial charge on any atom is -0.492 e. The highest BCUT2D eigenvalue weighted by atomic mass is 32.3. The molecule has 0 amide bonds. The Hall–Kier alpha value is -1.70. The molecular formula is C26H36N2O3S2. The van der Waals surface area contributed by atoms with Gasteiger partial charge in [-0.2, -0.15) is 0 Å². The molecule has 33 heavy (non-hydrogen) atoms. The summed E-state index contributed by atoms with van der Waals surface area (Å²) < 4.78 is 32.6. The molecule has 1 unspecified atom stereocenters. The molecule has 0 aliphatic carbocycles. The highest BCUT2D eigenvalue weighted by Crippen LogP contribution is 2.40. The van der Waals surface area contributed by atoms with Gasteiger partial charge in [0.2, 0.25) is 0 Å². The van der Waals surface area contributed by atoms with Crippen LogP contribution in [0.25, 0.3) is 0 Å². The van der Waals surface area contributed by atoms with Crippen LogP contribution >= 0.6 is 11.8 Å². The van der Waals surface area contributed by atoms with Gasteiger partial charge in [-0.3, -0.25) is 0 Å². The third-order valence-corrected chi connectivity index (χ3v) is 10.7. The van der Waals surface area contributed by atoms with Crippen LogP contribution < -0.4 is 10.1 Å². The predicted molar refractivity (Wildman–Crippen MR) is 137 cm³/mol. The number of benzene rings is 2. The molecule has 1 saturated heterocycles. The zero-order chi connectivity index (χ0) is 23.4. The van der Waals surface area contributed by atoms with Gasteiger partial charge in [-0.25, -0.2) is 8.42 Å². The number of sulfone groups is 1. The van der Waals surface area contributed by atoms with Crippen molar-refractivity contribution in [1.82, 2.24) is 4.90 Å². The quantitative estimate of drug-likeness (QED) is 0.499. The van der Waals surface area contributed by atoms with Crippen LogP contribution in [0.3, 0.4) is 0 Å². The van der Waals surface area contributed by atoms with Crippen molar-refractivity contribution >= 4 is 27.3 Å². The van der Waals surface area contributed by atoms with E-state index in [1.807, 2.05) is 43.3 Å². The van der Waals surface area contributed by atoms with Crippen molar-refractivity contribution in [2.75, 3.05) is 38.1 Å². The molecule has 2 aromatic rings. The normalized spacial score (nSPS) is 19.8. The molecule has 1 fully saturated rings. The van der Waals surface area contributed by atoms with E-state index in [0.29, 0.717) is 23.8 Å². The number of likely N-dealkylation sites (tertiary alicyclic amines) is 1.